The molecule has 2 aromatic rings. The van der Waals surface area contributed by atoms with E-state index in [1.54, 1.807) is 19.2 Å². The molecule has 0 spiro atoms. The van der Waals surface area contributed by atoms with Crippen LogP contribution >= 0.6 is 24.0 Å². The van der Waals surface area contributed by atoms with Crippen molar-refractivity contribution in [3.63, 3.8) is 0 Å². The SMILES string of the molecule is CCNC(=NCc1cc(OC)ccc1OC(F)F)NCCc1ccc(OC)cc1.I. The number of alkyl halides is 2. The molecule has 0 bridgehead atoms. The smallest absolute Gasteiger partial charge is 0.387 e. The first-order chi connectivity index (χ1) is 14.0. The Hall–Kier alpha value is -2.30. The van der Waals surface area contributed by atoms with Gasteiger partial charge >= 0.3 is 6.61 Å². The van der Waals surface area contributed by atoms with E-state index in [1.165, 1.54) is 13.2 Å². The van der Waals surface area contributed by atoms with Gasteiger partial charge in [-0.1, -0.05) is 12.1 Å². The van der Waals surface area contributed by atoms with Crippen LogP contribution in [0.3, 0.4) is 0 Å². The maximum absolute atomic E-state index is 12.7. The molecule has 0 unspecified atom stereocenters. The van der Waals surface area contributed by atoms with E-state index in [-0.39, 0.29) is 36.3 Å². The van der Waals surface area contributed by atoms with Gasteiger partial charge < -0.3 is 24.8 Å². The molecular weight excluding hydrogens is 507 g/mol. The van der Waals surface area contributed by atoms with Crippen molar-refractivity contribution in [2.45, 2.75) is 26.5 Å². The van der Waals surface area contributed by atoms with Gasteiger partial charge in [-0.2, -0.15) is 8.78 Å². The Morgan fingerprint density at radius 2 is 1.67 bits per heavy atom. The number of hydrogen-bond donors (Lipinski definition) is 2. The van der Waals surface area contributed by atoms with Gasteiger partial charge in [-0.25, -0.2) is 4.99 Å². The lowest BCUT2D eigenvalue weighted by molar-refractivity contribution is -0.0504. The lowest BCUT2D eigenvalue weighted by Gasteiger charge is -2.14. The number of halogens is 3. The molecule has 0 fully saturated rings. The van der Waals surface area contributed by atoms with Crippen molar-refractivity contribution in [2.24, 2.45) is 4.99 Å². The molecule has 2 rings (SSSR count). The summed E-state index contributed by atoms with van der Waals surface area (Å²) in [6.45, 7) is 0.556. The van der Waals surface area contributed by atoms with E-state index in [2.05, 4.69) is 20.4 Å². The molecule has 0 aliphatic rings. The first kappa shape index (κ1) is 25.7. The van der Waals surface area contributed by atoms with Crippen molar-refractivity contribution in [2.75, 3.05) is 27.3 Å². The zero-order valence-corrected chi connectivity index (χ0v) is 19.6. The van der Waals surface area contributed by atoms with E-state index in [4.69, 9.17) is 9.47 Å². The standard InChI is InChI=1S/C21H27F2N3O3.HI/c1-4-24-21(25-12-11-15-5-7-17(27-2)8-6-15)26-14-16-13-18(28-3)9-10-19(16)29-20(22)23;/h5-10,13,20H,4,11-12,14H2,1-3H3,(H2,24,25,26);1H. The summed E-state index contributed by atoms with van der Waals surface area (Å²) < 4.78 is 40.2. The largest absolute Gasteiger partial charge is 0.497 e. The molecular formula is C21H28F2IN3O3. The highest BCUT2D eigenvalue weighted by Gasteiger charge is 2.11. The van der Waals surface area contributed by atoms with Crippen molar-refractivity contribution in [1.29, 1.82) is 0 Å². The fourth-order valence-electron chi connectivity index (χ4n) is 2.64. The predicted octanol–water partition coefficient (Wildman–Crippen LogP) is 4.22. The highest BCUT2D eigenvalue weighted by atomic mass is 127. The summed E-state index contributed by atoms with van der Waals surface area (Å²) >= 11 is 0. The topological polar surface area (TPSA) is 64.1 Å². The lowest BCUT2D eigenvalue weighted by atomic mass is 10.1. The van der Waals surface area contributed by atoms with E-state index in [0.29, 0.717) is 30.4 Å². The van der Waals surface area contributed by atoms with Crippen LogP contribution in [0.1, 0.15) is 18.1 Å². The first-order valence-electron chi connectivity index (χ1n) is 9.32. The molecule has 0 aliphatic carbocycles. The van der Waals surface area contributed by atoms with Gasteiger partial charge in [-0.3, -0.25) is 0 Å². The fraction of sp³-hybridized carbons (Fsp3) is 0.381. The van der Waals surface area contributed by atoms with E-state index in [9.17, 15) is 8.78 Å². The number of rotatable bonds is 10. The molecule has 0 radical (unpaired) electrons. The summed E-state index contributed by atoms with van der Waals surface area (Å²) in [5.41, 5.74) is 1.67. The van der Waals surface area contributed by atoms with Crippen molar-refractivity contribution in [3.8, 4) is 17.2 Å². The second-order valence-electron chi connectivity index (χ2n) is 6.07. The minimum Gasteiger partial charge on any atom is -0.497 e. The zero-order chi connectivity index (χ0) is 21.1. The van der Waals surface area contributed by atoms with Crippen LogP contribution in [-0.2, 0) is 13.0 Å². The van der Waals surface area contributed by atoms with Crippen LogP contribution in [0.4, 0.5) is 8.78 Å². The van der Waals surface area contributed by atoms with Gasteiger partial charge in [0.1, 0.15) is 17.2 Å². The Balaban J connectivity index is 0.00000450. The van der Waals surface area contributed by atoms with Crippen LogP contribution in [0.15, 0.2) is 47.5 Å². The summed E-state index contributed by atoms with van der Waals surface area (Å²) in [4.78, 5) is 4.48. The first-order valence-corrected chi connectivity index (χ1v) is 9.32. The Morgan fingerprint density at radius 1 is 1.00 bits per heavy atom. The fourth-order valence-corrected chi connectivity index (χ4v) is 2.64. The molecule has 0 saturated heterocycles. The normalized spacial score (nSPS) is 10.9. The minimum absolute atomic E-state index is 0. The Morgan fingerprint density at radius 3 is 2.27 bits per heavy atom. The molecule has 2 aromatic carbocycles. The second kappa shape index (κ2) is 13.8. The Bertz CT molecular complexity index is 790. The van der Waals surface area contributed by atoms with Crippen LogP contribution in [0, 0.1) is 0 Å². The van der Waals surface area contributed by atoms with Crippen molar-refractivity contribution in [3.05, 3.63) is 53.6 Å². The summed E-state index contributed by atoms with van der Waals surface area (Å²) in [6.07, 6.45) is 0.799. The number of ether oxygens (including phenoxy) is 3. The third-order valence-electron chi connectivity index (χ3n) is 4.10. The average Bonchev–Trinajstić information content (AvgIpc) is 2.73. The third-order valence-corrected chi connectivity index (χ3v) is 4.10. The van der Waals surface area contributed by atoms with Gasteiger partial charge in [0, 0.05) is 18.7 Å². The zero-order valence-electron chi connectivity index (χ0n) is 17.3. The molecule has 30 heavy (non-hydrogen) atoms. The number of nitrogens with zero attached hydrogens (tertiary/aromatic N) is 1. The number of nitrogens with one attached hydrogen (secondary N) is 2. The molecule has 9 heteroatoms. The Labute approximate surface area is 193 Å². The molecule has 6 nitrogen and oxygen atoms in total. The number of aliphatic imine (C=N–C) groups is 1. The van der Waals surface area contributed by atoms with Crippen molar-refractivity contribution >= 4 is 29.9 Å². The van der Waals surface area contributed by atoms with Crippen molar-refractivity contribution < 1.29 is 23.0 Å². The molecule has 0 aromatic heterocycles. The van der Waals surface area contributed by atoms with Crippen LogP contribution in [0.5, 0.6) is 17.2 Å². The summed E-state index contributed by atoms with van der Waals surface area (Å²) in [5.74, 6) is 2.04. The quantitative estimate of drug-likeness (QED) is 0.271. The molecule has 0 heterocycles. The molecule has 0 atom stereocenters. The third kappa shape index (κ3) is 8.60. The number of methoxy groups -OCH3 is 2. The van der Waals surface area contributed by atoms with Crippen LogP contribution in [0.2, 0.25) is 0 Å². The summed E-state index contributed by atoms with van der Waals surface area (Å²) in [5, 5.41) is 6.39. The van der Waals surface area contributed by atoms with Gasteiger partial charge in [0.2, 0.25) is 0 Å². The van der Waals surface area contributed by atoms with Gasteiger partial charge in [0.25, 0.3) is 0 Å². The van der Waals surface area contributed by atoms with Gasteiger partial charge in [-0.15, -0.1) is 24.0 Å². The summed E-state index contributed by atoms with van der Waals surface area (Å²) in [7, 11) is 3.15. The minimum atomic E-state index is -2.90. The summed E-state index contributed by atoms with van der Waals surface area (Å²) in [6, 6.07) is 12.5. The van der Waals surface area contributed by atoms with Gasteiger partial charge in [0.05, 0.1) is 20.8 Å². The maximum Gasteiger partial charge on any atom is 0.387 e. The number of guanidine groups is 1. The van der Waals surface area contributed by atoms with Gasteiger partial charge in [0.15, 0.2) is 5.96 Å². The van der Waals surface area contributed by atoms with E-state index < -0.39 is 6.61 Å². The van der Waals surface area contributed by atoms with Crippen molar-refractivity contribution in [1.82, 2.24) is 10.6 Å². The molecule has 0 amide bonds. The lowest BCUT2D eigenvalue weighted by Crippen LogP contribution is -2.38. The average molecular weight is 535 g/mol. The predicted molar refractivity (Wildman–Crippen MR) is 125 cm³/mol. The van der Waals surface area contributed by atoms with Crippen LogP contribution in [0.25, 0.3) is 0 Å². The number of benzene rings is 2. The molecule has 0 aliphatic heterocycles. The van der Waals surface area contributed by atoms with Gasteiger partial charge in [-0.05, 0) is 49.2 Å². The molecule has 166 valence electrons. The maximum atomic E-state index is 12.7. The second-order valence-corrected chi connectivity index (χ2v) is 6.07. The van der Waals surface area contributed by atoms with E-state index in [0.717, 1.165) is 17.7 Å². The Kier molecular flexibility index (Phi) is 11.9. The highest BCUT2D eigenvalue weighted by Crippen LogP contribution is 2.26. The van der Waals surface area contributed by atoms with Crippen LogP contribution in [-0.4, -0.2) is 39.9 Å². The molecule has 2 N–H and O–H groups in total. The molecule has 0 saturated carbocycles. The van der Waals surface area contributed by atoms with E-state index >= 15 is 0 Å². The number of hydrogen-bond acceptors (Lipinski definition) is 4. The highest BCUT2D eigenvalue weighted by molar-refractivity contribution is 14.0. The monoisotopic (exact) mass is 535 g/mol. The van der Waals surface area contributed by atoms with Crippen LogP contribution < -0.4 is 24.8 Å². The van der Waals surface area contributed by atoms with E-state index in [1.807, 2.05) is 31.2 Å².